The monoisotopic (exact) mass is 323 g/mol. The van der Waals surface area contributed by atoms with Crippen LogP contribution in [0.25, 0.3) is 0 Å². The second-order valence-corrected chi connectivity index (χ2v) is 6.22. The minimum atomic E-state index is 0.203. The van der Waals surface area contributed by atoms with Gasteiger partial charge < -0.3 is 4.90 Å². The maximum Gasteiger partial charge on any atom is 0.254 e. The van der Waals surface area contributed by atoms with Crippen LogP contribution in [0.3, 0.4) is 0 Å². The highest BCUT2D eigenvalue weighted by Gasteiger charge is 2.26. The highest BCUT2D eigenvalue weighted by molar-refractivity contribution is 9.09. The number of alkyl halides is 1. The Bertz CT molecular complexity index is 456. The number of carbonyl (C=O) groups excluding carboxylic acids is 1. The van der Waals surface area contributed by atoms with Crippen molar-refractivity contribution in [1.29, 1.82) is 0 Å². The maximum atomic E-state index is 12.7. The first-order valence-corrected chi connectivity index (χ1v) is 8.20. The fourth-order valence-electron chi connectivity index (χ4n) is 2.73. The standard InChI is InChI=1S/C16H22BrNO/c1-12-6-7-14(11-13(12)2)16(19)18-10-4-3-5-15(18)8-9-17/h6-7,11,15H,3-5,8-10H2,1-2H3. The van der Waals surface area contributed by atoms with Crippen molar-refractivity contribution in [3.63, 3.8) is 0 Å². The van der Waals surface area contributed by atoms with E-state index in [9.17, 15) is 4.79 Å². The zero-order chi connectivity index (χ0) is 13.8. The van der Waals surface area contributed by atoms with E-state index in [1.807, 2.05) is 18.2 Å². The van der Waals surface area contributed by atoms with Gasteiger partial charge in [0.25, 0.3) is 5.91 Å². The van der Waals surface area contributed by atoms with Gasteiger partial charge in [0.2, 0.25) is 0 Å². The Balaban J connectivity index is 2.18. The minimum absolute atomic E-state index is 0.203. The number of hydrogen-bond acceptors (Lipinski definition) is 1. The summed E-state index contributed by atoms with van der Waals surface area (Å²) in [4.78, 5) is 14.7. The summed E-state index contributed by atoms with van der Waals surface area (Å²) >= 11 is 3.50. The smallest absolute Gasteiger partial charge is 0.254 e. The Morgan fingerprint density at radius 3 is 2.79 bits per heavy atom. The molecule has 3 heteroatoms. The number of halogens is 1. The molecule has 104 valence electrons. The molecule has 19 heavy (non-hydrogen) atoms. The lowest BCUT2D eigenvalue weighted by Crippen LogP contribution is -2.44. The zero-order valence-electron chi connectivity index (χ0n) is 11.8. The van der Waals surface area contributed by atoms with Crippen molar-refractivity contribution in [3.05, 3.63) is 34.9 Å². The van der Waals surface area contributed by atoms with Gasteiger partial charge in [-0.1, -0.05) is 22.0 Å². The van der Waals surface area contributed by atoms with E-state index in [0.29, 0.717) is 6.04 Å². The molecule has 1 atom stereocenters. The van der Waals surface area contributed by atoms with Gasteiger partial charge in [-0.2, -0.15) is 0 Å². The third-order valence-electron chi connectivity index (χ3n) is 4.08. The van der Waals surface area contributed by atoms with Crippen molar-refractivity contribution in [1.82, 2.24) is 4.90 Å². The number of rotatable bonds is 3. The van der Waals surface area contributed by atoms with Crippen molar-refractivity contribution < 1.29 is 4.79 Å². The Labute approximate surface area is 124 Å². The van der Waals surface area contributed by atoms with Gasteiger partial charge in [-0.25, -0.2) is 0 Å². The lowest BCUT2D eigenvalue weighted by Gasteiger charge is -2.35. The first-order valence-electron chi connectivity index (χ1n) is 7.07. The van der Waals surface area contributed by atoms with Crippen molar-refractivity contribution >= 4 is 21.8 Å². The molecule has 0 aromatic heterocycles. The molecule has 1 saturated heterocycles. The van der Waals surface area contributed by atoms with Crippen LogP contribution in [-0.4, -0.2) is 28.7 Å². The normalized spacial score (nSPS) is 19.5. The van der Waals surface area contributed by atoms with E-state index in [-0.39, 0.29) is 5.91 Å². The van der Waals surface area contributed by atoms with Gasteiger partial charge in [0.05, 0.1) is 0 Å². The predicted octanol–water partition coefficient (Wildman–Crippen LogP) is 4.08. The van der Waals surface area contributed by atoms with Gasteiger partial charge in [0, 0.05) is 23.5 Å². The first kappa shape index (κ1) is 14.6. The zero-order valence-corrected chi connectivity index (χ0v) is 13.4. The molecule has 0 radical (unpaired) electrons. The number of piperidine rings is 1. The Morgan fingerprint density at radius 1 is 1.32 bits per heavy atom. The Hall–Kier alpha value is -0.830. The molecule has 1 aliphatic heterocycles. The molecule has 2 nitrogen and oxygen atoms in total. The summed E-state index contributed by atoms with van der Waals surface area (Å²) in [7, 11) is 0. The van der Waals surface area contributed by atoms with Crippen LogP contribution >= 0.6 is 15.9 Å². The van der Waals surface area contributed by atoms with Crippen LogP contribution < -0.4 is 0 Å². The summed E-state index contributed by atoms with van der Waals surface area (Å²) in [5, 5.41) is 0.967. The molecule has 0 bridgehead atoms. The molecule has 1 aromatic carbocycles. The van der Waals surface area contributed by atoms with E-state index < -0.39 is 0 Å². The van der Waals surface area contributed by atoms with Crippen LogP contribution in [0.5, 0.6) is 0 Å². The summed E-state index contributed by atoms with van der Waals surface area (Å²) in [6.45, 7) is 5.06. The molecule has 1 aliphatic rings. The third-order valence-corrected chi connectivity index (χ3v) is 4.54. The summed E-state index contributed by atoms with van der Waals surface area (Å²) < 4.78 is 0. The summed E-state index contributed by atoms with van der Waals surface area (Å²) in [6, 6.07) is 6.44. The van der Waals surface area contributed by atoms with E-state index in [0.717, 1.165) is 36.7 Å². The second kappa shape index (κ2) is 6.56. The minimum Gasteiger partial charge on any atom is -0.336 e. The Morgan fingerprint density at radius 2 is 2.11 bits per heavy atom. The van der Waals surface area contributed by atoms with E-state index in [2.05, 4.69) is 34.7 Å². The number of nitrogens with zero attached hydrogens (tertiary/aromatic N) is 1. The van der Waals surface area contributed by atoms with Crippen LogP contribution in [0.1, 0.15) is 47.2 Å². The van der Waals surface area contributed by atoms with Crippen molar-refractivity contribution in [3.8, 4) is 0 Å². The number of benzene rings is 1. The van der Waals surface area contributed by atoms with E-state index in [1.165, 1.54) is 17.5 Å². The molecule has 0 aliphatic carbocycles. The lowest BCUT2D eigenvalue weighted by atomic mass is 9.98. The molecule has 1 heterocycles. The lowest BCUT2D eigenvalue weighted by molar-refractivity contribution is 0.0610. The van der Waals surface area contributed by atoms with E-state index in [1.54, 1.807) is 0 Å². The largest absolute Gasteiger partial charge is 0.336 e. The van der Waals surface area contributed by atoms with Gasteiger partial charge in [0.1, 0.15) is 0 Å². The quantitative estimate of drug-likeness (QED) is 0.767. The summed E-state index contributed by atoms with van der Waals surface area (Å²) in [5.74, 6) is 0.203. The predicted molar refractivity (Wildman–Crippen MR) is 83.0 cm³/mol. The molecular weight excluding hydrogens is 302 g/mol. The molecule has 1 unspecified atom stereocenters. The number of amides is 1. The molecule has 1 aromatic rings. The maximum absolute atomic E-state index is 12.7. The van der Waals surface area contributed by atoms with Crippen LogP contribution in [0.4, 0.5) is 0 Å². The summed E-state index contributed by atoms with van der Waals surface area (Å²) in [6.07, 6.45) is 4.57. The van der Waals surface area contributed by atoms with Gasteiger partial charge in [-0.3, -0.25) is 4.79 Å². The fraction of sp³-hybridized carbons (Fsp3) is 0.562. The number of carbonyl (C=O) groups is 1. The van der Waals surface area contributed by atoms with Crippen molar-refractivity contribution in [2.45, 2.75) is 45.6 Å². The van der Waals surface area contributed by atoms with Crippen molar-refractivity contribution in [2.24, 2.45) is 0 Å². The Kier molecular flexibility index (Phi) is 5.03. The van der Waals surface area contributed by atoms with Crippen LogP contribution in [0.2, 0.25) is 0 Å². The average Bonchev–Trinajstić information content (AvgIpc) is 2.42. The number of likely N-dealkylation sites (tertiary alicyclic amines) is 1. The molecule has 1 amide bonds. The number of aryl methyl sites for hydroxylation is 2. The summed E-state index contributed by atoms with van der Waals surface area (Å²) in [5.41, 5.74) is 3.27. The third kappa shape index (κ3) is 3.38. The molecule has 2 rings (SSSR count). The van der Waals surface area contributed by atoms with Gasteiger partial charge >= 0.3 is 0 Å². The molecular formula is C16H22BrNO. The van der Waals surface area contributed by atoms with Gasteiger partial charge in [-0.15, -0.1) is 0 Å². The molecule has 0 N–H and O–H groups in total. The highest BCUT2D eigenvalue weighted by atomic mass is 79.9. The molecule has 0 saturated carbocycles. The number of hydrogen-bond donors (Lipinski definition) is 0. The first-order chi connectivity index (χ1) is 9.13. The topological polar surface area (TPSA) is 20.3 Å². The van der Waals surface area contributed by atoms with Gasteiger partial charge in [-0.05, 0) is 62.8 Å². The highest BCUT2D eigenvalue weighted by Crippen LogP contribution is 2.23. The molecule has 0 spiro atoms. The van der Waals surface area contributed by atoms with E-state index >= 15 is 0 Å². The SMILES string of the molecule is Cc1ccc(C(=O)N2CCCCC2CCBr)cc1C. The van der Waals surface area contributed by atoms with Crippen LogP contribution in [0.15, 0.2) is 18.2 Å². The van der Waals surface area contributed by atoms with Crippen molar-refractivity contribution in [2.75, 3.05) is 11.9 Å². The van der Waals surface area contributed by atoms with Crippen LogP contribution in [-0.2, 0) is 0 Å². The van der Waals surface area contributed by atoms with Gasteiger partial charge in [0.15, 0.2) is 0 Å². The van der Waals surface area contributed by atoms with Crippen LogP contribution in [0, 0.1) is 13.8 Å². The molecule has 1 fully saturated rings. The second-order valence-electron chi connectivity index (χ2n) is 5.42. The fourth-order valence-corrected chi connectivity index (χ4v) is 3.26. The van der Waals surface area contributed by atoms with E-state index in [4.69, 9.17) is 0 Å². The average molecular weight is 324 g/mol.